The largest absolute Gasteiger partial charge is 0.496 e. The number of carboxylic acid groups (broad SMARTS) is 1. The summed E-state index contributed by atoms with van der Waals surface area (Å²) in [5.74, 6) is 5.57. The Morgan fingerprint density at radius 3 is 0.945 bits per heavy atom. The third kappa shape index (κ3) is 17.3. The van der Waals surface area contributed by atoms with Crippen molar-refractivity contribution >= 4 is 77.6 Å². The number of aromatic carboxylic acids is 1. The summed E-state index contributed by atoms with van der Waals surface area (Å²) < 4.78 is 109. The first-order valence-electron chi connectivity index (χ1n) is 39.6. The molecule has 0 aliphatic heterocycles. The molecule has 31 nitrogen and oxygen atoms in total. The van der Waals surface area contributed by atoms with E-state index >= 15 is 0 Å². The summed E-state index contributed by atoms with van der Waals surface area (Å²) in [6.07, 6.45) is 3.35. The highest BCUT2D eigenvalue weighted by atomic mass is 16.5. The number of aryl methyl sites for hydroxylation is 6. The quantitative estimate of drug-likeness (QED) is 0.0225. The predicted octanol–water partition coefficient (Wildman–Crippen LogP) is 15.1. The van der Waals surface area contributed by atoms with Crippen molar-refractivity contribution in [3.05, 3.63) is 228 Å². The number of aliphatic hydroxyl groups is 3. The van der Waals surface area contributed by atoms with Gasteiger partial charge in [-0.2, -0.15) is 0 Å². The highest BCUT2D eigenvalue weighted by Gasteiger charge is 2.33. The maximum absolute atomic E-state index is 13.8. The number of nitrogens with zero attached hydrogens (tertiary/aromatic N) is 3. The number of ether oxygens (including phenoxy) is 16. The average molecular weight is 1740 g/mol. The first kappa shape index (κ1) is 89.8. The Labute approximate surface area is 726 Å². The van der Waals surface area contributed by atoms with Crippen molar-refractivity contribution in [3.8, 4) is 120 Å². The van der Waals surface area contributed by atoms with Crippen LogP contribution in [0, 0.1) is 0 Å². The van der Waals surface area contributed by atoms with Gasteiger partial charge in [-0.05, 0) is 144 Å². The SMILES string of the molecule is COC(=O)c1c(-c2ccc(OC)c(CO)c2)c2c3cc(OC)c(OC)cc3oc(=O)c2n1CCc1ccc(OC)c(OC)c1.COc1ccc(-c2c(C(=O)O)n(CCc3ccc(OC)c(OC)c3)c3c(=O)oc4cc(OC)c(OC)cc4c23)cc1CO.COc1ccc(-c2cn(CCc3ccc(OC)c(OC)c3)c3c(=O)oc4cc(OC)c(OC)cc4c23)cc1CO. The number of rotatable bonds is 32. The molecule has 4 N–H and O–H groups in total. The van der Waals surface area contributed by atoms with Crippen LogP contribution in [-0.4, -0.2) is 160 Å². The first-order chi connectivity index (χ1) is 61.6. The molecule has 9 aromatic carbocycles. The zero-order valence-electron chi connectivity index (χ0n) is 72.7. The molecule has 0 unspecified atom stereocenters. The summed E-state index contributed by atoms with van der Waals surface area (Å²) in [5.41, 5.74) is 7.39. The lowest BCUT2D eigenvalue weighted by atomic mass is 9.97. The number of carboxylic acids is 1. The van der Waals surface area contributed by atoms with Gasteiger partial charge in [0.1, 0.15) is 61.9 Å². The number of aromatic nitrogens is 3. The fourth-order valence-corrected chi connectivity index (χ4v) is 16.1. The number of carbonyl (C=O) groups excluding carboxylic acids is 1. The van der Waals surface area contributed by atoms with E-state index in [1.165, 1.54) is 74.6 Å². The van der Waals surface area contributed by atoms with E-state index in [2.05, 4.69) is 0 Å². The van der Waals surface area contributed by atoms with Crippen molar-refractivity contribution < 1.29 is 119 Å². The Balaban J connectivity index is 0.000000163. The van der Waals surface area contributed by atoms with Crippen LogP contribution < -0.4 is 87.9 Å². The van der Waals surface area contributed by atoms with Crippen LogP contribution >= 0.6 is 0 Å². The third-order valence-corrected chi connectivity index (χ3v) is 22.1. The molecule has 31 heteroatoms. The van der Waals surface area contributed by atoms with Crippen LogP contribution in [0.5, 0.6) is 86.2 Å². The molecule has 6 heterocycles. The normalized spacial score (nSPS) is 11.1. The molecule has 0 radical (unpaired) electrons. The van der Waals surface area contributed by atoms with E-state index in [9.17, 15) is 44.4 Å². The zero-order chi connectivity index (χ0) is 90.8. The minimum Gasteiger partial charge on any atom is -0.496 e. The number of esters is 1. The van der Waals surface area contributed by atoms with E-state index in [1.54, 1.807) is 133 Å². The highest BCUT2D eigenvalue weighted by molar-refractivity contribution is 6.20. The van der Waals surface area contributed by atoms with E-state index in [4.69, 9.17) is 89.0 Å². The Kier molecular flexibility index (Phi) is 27.8. The van der Waals surface area contributed by atoms with Gasteiger partial charge in [-0.15, -0.1) is 0 Å². The Morgan fingerprint density at radius 2 is 0.606 bits per heavy atom. The van der Waals surface area contributed by atoms with Gasteiger partial charge in [-0.3, -0.25) is 0 Å². The molecule has 0 amide bonds. The van der Waals surface area contributed by atoms with E-state index in [0.29, 0.717) is 189 Å². The second-order valence-corrected chi connectivity index (χ2v) is 28.6. The minimum absolute atomic E-state index is 0.0777. The lowest BCUT2D eigenvalue weighted by Gasteiger charge is -2.13. The molecular weight excluding hydrogens is 1640 g/mol. The Hall–Kier alpha value is -15.0. The lowest BCUT2D eigenvalue weighted by molar-refractivity contribution is 0.0588. The topological polar surface area (TPSA) is 368 Å². The number of carbonyl (C=O) groups is 2. The number of hydrogen-bond donors (Lipinski definition) is 4. The van der Waals surface area contributed by atoms with Gasteiger partial charge >= 0.3 is 28.8 Å². The van der Waals surface area contributed by atoms with Crippen LogP contribution in [0.25, 0.3) is 99.0 Å². The van der Waals surface area contributed by atoms with E-state index in [0.717, 1.165) is 27.8 Å². The molecule has 0 fully saturated rings. The standard InChI is InChI=1S/C33H33NO10.C32H31NO10.C31H31NO8/c1-38-22-10-8-19(14-20(22)17-35)28-29-21-15-26(41-4)27(42-5)16-24(21)44-33(37)31(29)34(30(28)32(36)43-6)12-11-18-7-9-23(39-2)25(13-18)40-3;1-38-21-9-7-18(13-19(21)16-34)27-28-20-14-25(41-4)26(42-5)15-23(20)43-32(37)30(28)33(29(27)31(35)36)11-10-17-6-8-22(39-2)24(12-17)40-3;1-35-23-9-7-19(13-20(23)17-33)22-16-32(11-10-18-6-8-24(36-2)26(12-18)37-3)30-29(22)21-14-27(38-4)28(39-5)15-25(21)40-31(30)34/h7-10,13-16,35H,11-12,17H2,1-6H3;6-9,12-15,34H,10-11,16H2,1-5H3,(H,35,36);6-9,12-16,33H,10-11,17H2,1-5H3. The minimum atomic E-state index is -1.24. The summed E-state index contributed by atoms with van der Waals surface area (Å²) >= 11 is 0. The molecule has 0 spiro atoms. The molecule has 15 rings (SSSR count). The molecule has 0 aliphatic carbocycles. The van der Waals surface area contributed by atoms with Gasteiger partial charge < -0.3 is 123 Å². The van der Waals surface area contributed by atoms with Crippen LogP contribution in [-0.2, 0) is 63.5 Å². The van der Waals surface area contributed by atoms with Crippen molar-refractivity contribution in [2.45, 2.75) is 58.7 Å². The molecule has 15 aromatic rings. The molecule has 662 valence electrons. The van der Waals surface area contributed by atoms with Crippen LogP contribution in [0.15, 0.2) is 179 Å². The molecule has 127 heavy (non-hydrogen) atoms. The molecule has 0 saturated heterocycles. The van der Waals surface area contributed by atoms with E-state index in [-0.39, 0.29) is 72.1 Å². The average Bonchev–Trinajstić information content (AvgIpc) is 1.57. The molecule has 0 saturated carbocycles. The van der Waals surface area contributed by atoms with Gasteiger partial charge in [0.15, 0.2) is 69.0 Å². The van der Waals surface area contributed by atoms with E-state index in [1.807, 2.05) is 71.4 Å². The summed E-state index contributed by atoms with van der Waals surface area (Å²) in [6.45, 7) is -0.00766. The summed E-state index contributed by atoms with van der Waals surface area (Å²) in [7, 11) is 24.2. The van der Waals surface area contributed by atoms with E-state index < -0.39 is 28.8 Å². The van der Waals surface area contributed by atoms with Gasteiger partial charge in [0, 0.05) is 110 Å². The van der Waals surface area contributed by atoms with Crippen molar-refractivity contribution in [3.63, 3.8) is 0 Å². The van der Waals surface area contributed by atoms with Crippen molar-refractivity contribution in [1.82, 2.24) is 13.7 Å². The van der Waals surface area contributed by atoms with Crippen molar-refractivity contribution in [2.24, 2.45) is 0 Å². The zero-order valence-corrected chi connectivity index (χ0v) is 72.7. The molecule has 0 atom stereocenters. The lowest BCUT2D eigenvalue weighted by Crippen LogP contribution is -2.16. The monoisotopic (exact) mass is 1740 g/mol. The second kappa shape index (κ2) is 39.3. The number of benzene rings is 9. The van der Waals surface area contributed by atoms with Gasteiger partial charge in [0.25, 0.3) is 0 Å². The number of fused-ring (bicyclic) bond motifs is 9. The van der Waals surface area contributed by atoms with Crippen LogP contribution in [0.4, 0.5) is 0 Å². The fourth-order valence-electron chi connectivity index (χ4n) is 16.1. The van der Waals surface area contributed by atoms with Gasteiger partial charge in [0.05, 0.1) is 134 Å². The summed E-state index contributed by atoms with van der Waals surface area (Å²) in [4.78, 5) is 67.5. The number of hydrogen-bond acceptors (Lipinski definition) is 27. The number of methoxy groups -OCH3 is 16. The predicted molar refractivity (Wildman–Crippen MR) is 475 cm³/mol. The molecule has 6 aromatic heterocycles. The fraction of sp³-hybridized carbons (Fsp3) is 0.260. The number of aliphatic hydroxyl groups excluding tert-OH is 3. The Bertz CT molecular complexity index is 6860. The third-order valence-electron chi connectivity index (χ3n) is 22.1. The highest BCUT2D eigenvalue weighted by Crippen LogP contribution is 2.48. The molecule has 0 bridgehead atoms. The second-order valence-electron chi connectivity index (χ2n) is 28.6. The van der Waals surface area contributed by atoms with Crippen molar-refractivity contribution in [2.75, 3.05) is 114 Å². The van der Waals surface area contributed by atoms with Gasteiger partial charge in [-0.1, -0.05) is 36.4 Å². The molecular formula is C96H95N3O28. The molecule has 0 aliphatic rings. The van der Waals surface area contributed by atoms with Crippen LogP contribution in [0.2, 0.25) is 0 Å². The van der Waals surface area contributed by atoms with Gasteiger partial charge in [-0.25, -0.2) is 24.0 Å². The first-order valence-corrected chi connectivity index (χ1v) is 39.6. The maximum Gasteiger partial charge on any atom is 0.361 e. The summed E-state index contributed by atoms with van der Waals surface area (Å²) in [6, 6.07) is 42.4. The van der Waals surface area contributed by atoms with Crippen LogP contribution in [0.1, 0.15) is 54.4 Å². The van der Waals surface area contributed by atoms with Gasteiger partial charge in [0.2, 0.25) is 0 Å². The smallest absolute Gasteiger partial charge is 0.361 e. The van der Waals surface area contributed by atoms with Crippen molar-refractivity contribution in [1.29, 1.82) is 0 Å². The van der Waals surface area contributed by atoms with Crippen LogP contribution in [0.3, 0.4) is 0 Å². The Morgan fingerprint density at radius 1 is 0.315 bits per heavy atom. The summed E-state index contributed by atoms with van der Waals surface area (Å²) in [5, 5.41) is 43.9. The maximum atomic E-state index is 13.8.